The van der Waals surface area contributed by atoms with Crippen LogP contribution in [0.25, 0.3) is 11.0 Å². The van der Waals surface area contributed by atoms with Gasteiger partial charge in [-0.15, -0.1) is 0 Å². The fourth-order valence-corrected chi connectivity index (χ4v) is 4.89. The minimum Gasteiger partial charge on any atom is -0.506 e. The average Bonchev–Trinajstić information content (AvgIpc) is 3.08. The van der Waals surface area contributed by atoms with E-state index in [4.69, 9.17) is 0 Å². The van der Waals surface area contributed by atoms with Crippen LogP contribution >= 0.6 is 11.8 Å². The Morgan fingerprint density at radius 3 is 2.48 bits per heavy atom. The average molecular weight is 426 g/mol. The van der Waals surface area contributed by atoms with E-state index in [-0.39, 0.29) is 10.6 Å². The maximum atomic E-state index is 12.7. The van der Waals surface area contributed by atoms with Gasteiger partial charge in [-0.05, 0) is 67.6 Å². The van der Waals surface area contributed by atoms with Gasteiger partial charge in [-0.2, -0.15) is 0 Å². The van der Waals surface area contributed by atoms with E-state index in [9.17, 15) is 13.5 Å². The van der Waals surface area contributed by atoms with Crippen LogP contribution in [0.2, 0.25) is 0 Å². The summed E-state index contributed by atoms with van der Waals surface area (Å²) < 4.78 is 28.0. The highest BCUT2D eigenvalue weighted by molar-refractivity contribution is 7.99. The summed E-state index contributed by atoms with van der Waals surface area (Å²) in [6.07, 6.45) is 0. The fourth-order valence-electron chi connectivity index (χ4n) is 2.90. The molecule has 3 aromatic carbocycles. The van der Waals surface area contributed by atoms with Crippen molar-refractivity contribution >= 4 is 38.5 Å². The third-order valence-corrected chi connectivity index (χ3v) is 6.74. The second-order valence-electron chi connectivity index (χ2n) is 6.72. The fraction of sp³-hybridized carbons (Fsp3) is 0.0952. The number of aromatic hydroxyl groups is 1. The number of rotatable bonds is 5. The van der Waals surface area contributed by atoms with Gasteiger partial charge >= 0.3 is 0 Å². The van der Waals surface area contributed by atoms with Gasteiger partial charge in [-0.1, -0.05) is 29.8 Å². The zero-order valence-corrected chi connectivity index (χ0v) is 17.4. The number of nitrogens with zero attached hydrogens (tertiary/aromatic N) is 1. The molecular formula is C21H19N3O3S2. The van der Waals surface area contributed by atoms with Crippen molar-refractivity contribution in [1.29, 1.82) is 0 Å². The van der Waals surface area contributed by atoms with E-state index in [1.807, 2.05) is 31.2 Å². The highest BCUT2D eigenvalue weighted by Gasteiger charge is 2.17. The number of phenolic OH excluding ortho intramolecular Hbond substituents is 1. The van der Waals surface area contributed by atoms with E-state index < -0.39 is 10.0 Å². The summed E-state index contributed by atoms with van der Waals surface area (Å²) in [6.45, 7) is 3.62. The van der Waals surface area contributed by atoms with Crippen molar-refractivity contribution in [1.82, 2.24) is 9.97 Å². The van der Waals surface area contributed by atoms with Gasteiger partial charge < -0.3 is 10.1 Å². The normalized spacial score (nSPS) is 11.7. The van der Waals surface area contributed by atoms with Gasteiger partial charge in [0.2, 0.25) is 0 Å². The highest BCUT2D eigenvalue weighted by Crippen LogP contribution is 2.38. The molecule has 0 aliphatic rings. The number of aromatic nitrogens is 2. The predicted molar refractivity (Wildman–Crippen MR) is 115 cm³/mol. The number of H-pyrrole nitrogens is 1. The number of phenols is 1. The van der Waals surface area contributed by atoms with E-state index in [0.29, 0.717) is 21.3 Å². The second kappa shape index (κ2) is 7.46. The van der Waals surface area contributed by atoms with Crippen LogP contribution in [-0.2, 0) is 10.0 Å². The molecule has 0 radical (unpaired) electrons. The molecule has 0 aliphatic heterocycles. The van der Waals surface area contributed by atoms with Crippen molar-refractivity contribution < 1.29 is 13.5 Å². The smallest absolute Gasteiger partial charge is 0.261 e. The molecule has 4 rings (SSSR count). The number of nitrogens with one attached hydrogen (secondary N) is 2. The van der Waals surface area contributed by atoms with Gasteiger partial charge in [0.25, 0.3) is 10.0 Å². The Morgan fingerprint density at radius 1 is 1.03 bits per heavy atom. The number of hydrogen-bond donors (Lipinski definition) is 3. The first-order chi connectivity index (χ1) is 13.8. The zero-order valence-electron chi connectivity index (χ0n) is 15.8. The molecule has 0 saturated heterocycles. The van der Waals surface area contributed by atoms with Crippen molar-refractivity contribution in [2.24, 2.45) is 0 Å². The first kappa shape index (κ1) is 19.4. The Labute approximate surface area is 173 Å². The Morgan fingerprint density at radius 2 is 1.76 bits per heavy atom. The molecule has 0 saturated carbocycles. The van der Waals surface area contributed by atoms with Gasteiger partial charge in [0.15, 0.2) is 5.16 Å². The Hall–Kier alpha value is -2.97. The first-order valence-electron chi connectivity index (χ1n) is 8.87. The molecule has 8 heteroatoms. The van der Waals surface area contributed by atoms with E-state index in [1.165, 1.54) is 11.8 Å². The second-order valence-corrected chi connectivity index (χ2v) is 9.43. The quantitative estimate of drug-likeness (QED) is 0.398. The maximum Gasteiger partial charge on any atom is 0.261 e. The van der Waals surface area contributed by atoms with E-state index in [0.717, 1.165) is 16.6 Å². The van der Waals surface area contributed by atoms with Gasteiger partial charge in [0.05, 0.1) is 26.5 Å². The molecule has 4 aromatic rings. The van der Waals surface area contributed by atoms with E-state index in [1.54, 1.807) is 43.3 Å². The van der Waals surface area contributed by atoms with Crippen LogP contribution in [0.4, 0.5) is 5.69 Å². The molecule has 148 valence electrons. The molecule has 1 heterocycles. The molecule has 29 heavy (non-hydrogen) atoms. The third kappa shape index (κ3) is 4.08. The van der Waals surface area contributed by atoms with Crippen molar-refractivity contribution in [3.63, 3.8) is 0 Å². The molecule has 1 aromatic heterocycles. The zero-order chi connectivity index (χ0) is 20.6. The number of fused-ring (bicyclic) bond motifs is 1. The minimum absolute atomic E-state index is 0.0914. The predicted octanol–water partition coefficient (Wildman–Crippen LogP) is 4.84. The van der Waals surface area contributed by atoms with Gasteiger partial charge in [0.1, 0.15) is 5.75 Å². The lowest BCUT2D eigenvalue weighted by Gasteiger charge is -2.12. The SMILES string of the molecule is Cc1ccc(S(=O)(=O)Nc2cc(C)c(O)c(Sc3nc4ccccc4[nH]3)c2)cc1. The number of sulfonamides is 1. The molecule has 0 spiro atoms. The van der Waals surface area contributed by atoms with Crippen LogP contribution in [0.3, 0.4) is 0 Å². The summed E-state index contributed by atoms with van der Waals surface area (Å²) in [5, 5.41) is 11.1. The summed E-state index contributed by atoms with van der Waals surface area (Å²) in [7, 11) is -3.73. The summed E-state index contributed by atoms with van der Waals surface area (Å²) >= 11 is 1.24. The number of aromatic amines is 1. The van der Waals surface area contributed by atoms with Crippen LogP contribution in [0, 0.1) is 13.8 Å². The van der Waals surface area contributed by atoms with Crippen LogP contribution in [0.15, 0.2) is 75.6 Å². The lowest BCUT2D eigenvalue weighted by atomic mass is 10.2. The molecule has 0 bridgehead atoms. The lowest BCUT2D eigenvalue weighted by molar-refractivity contribution is 0.458. The Balaban J connectivity index is 1.65. The van der Waals surface area contributed by atoms with Crippen LogP contribution in [0.1, 0.15) is 11.1 Å². The van der Waals surface area contributed by atoms with Crippen LogP contribution in [-0.4, -0.2) is 23.5 Å². The monoisotopic (exact) mass is 425 g/mol. The molecule has 0 aliphatic carbocycles. The number of para-hydroxylation sites is 2. The molecule has 0 amide bonds. The largest absolute Gasteiger partial charge is 0.506 e. The van der Waals surface area contributed by atoms with Gasteiger partial charge in [-0.25, -0.2) is 13.4 Å². The molecule has 3 N–H and O–H groups in total. The minimum atomic E-state index is -3.73. The molecule has 0 unspecified atom stereocenters. The summed E-state index contributed by atoms with van der Waals surface area (Å²) in [6, 6.07) is 17.5. The summed E-state index contributed by atoms with van der Waals surface area (Å²) in [5.74, 6) is 0.0914. The van der Waals surface area contributed by atoms with Gasteiger partial charge in [0, 0.05) is 0 Å². The Kier molecular flexibility index (Phi) is 4.97. The third-order valence-electron chi connectivity index (χ3n) is 4.42. The number of benzene rings is 3. The number of aryl methyl sites for hydroxylation is 2. The molecule has 0 fully saturated rings. The maximum absolute atomic E-state index is 12.7. The standard InChI is InChI=1S/C21H19N3O3S2/c1-13-7-9-16(10-8-13)29(26,27)24-15-11-14(2)20(25)19(12-15)28-21-22-17-5-3-4-6-18(17)23-21/h3-12,24-25H,1-2H3,(H,22,23). The molecule has 6 nitrogen and oxygen atoms in total. The van der Waals surface area contributed by atoms with Crippen molar-refractivity contribution in [2.75, 3.05) is 4.72 Å². The summed E-state index contributed by atoms with van der Waals surface area (Å²) in [4.78, 5) is 8.37. The number of anilines is 1. The Bertz CT molecular complexity index is 1260. The van der Waals surface area contributed by atoms with E-state index in [2.05, 4.69) is 14.7 Å². The van der Waals surface area contributed by atoms with Crippen LogP contribution < -0.4 is 4.72 Å². The topological polar surface area (TPSA) is 95.1 Å². The van der Waals surface area contributed by atoms with Crippen molar-refractivity contribution in [3.8, 4) is 5.75 Å². The molecule has 0 atom stereocenters. The van der Waals surface area contributed by atoms with Crippen LogP contribution in [0.5, 0.6) is 5.75 Å². The first-order valence-corrected chi connectivity index (χ1v) is 11.2. The lowest BCUT2D eigenvalue weighted by Crippen LogP contribution is -2.13. The highest BCUT2D eigenvalue weighted by atomic mass is 32.2. The van der Waals surface area contributed by atoms with Crippen molar-refractivity contribution in [2.45, 2.75) is 28.8 Å². The summed E-state index contributed by atoms with van der Waals surface area (Å²) in [5.41, 5.74) is 3.63. The van der Waals surface area contributed by atoms with Crippen molar-refractivity contribution in [3.05, 3.63) is 71.8 Å². The van der Waals surface area contributed by atoms with Gasteiger partial charge in [-0.3, -0.25) is 4.72 Å². The number of imidazole rings is 1. The molecular weight excluding hydrogens is 406 g/mol. The van der Waals surface area contributed by atoms with E-state index >= 15 is 0 Å². The number of hydrogen-bond acceptors (Lipinski definition) is 5.